The summed E-state index contributed by atoms with van der Waals surface area (Å²) < 4.78 is 0. The first-order valence-corrected chi connectivity index (χ1v) is 9.15. The molecule has 1 rings (SSSR count). The summed E-state index contributed by atoms with van der Waals surface area (Å²) in [5.41, 5.74) is 0. The Bertz CT molecular complexity index is 418. The zero-order valence-corrected chi connectivity index (χ0v) is 15.1. The fourth-order valence-corrected chi connectivity index (χ4v) is 2.98. The van der Waals surface area contributed by atoms with Crippen molar-refractivity contribution < 1.29 is 39.6 Å². The lowest BCUT2D eigenvalue weighted by Crippen LogP contribution is -2.32. The van der Waals surface area contributed by atoms with Gasteiger partial charge < -0.3 is 20.4 Å². The summed E-state index contributed by atoms with van der Waals surface area (Å²) in [5.74, 6) is -4.76. The van der Waals surface area contributed by atoms with Crippen molar-refractivity contribution in [1.82, 2.24) is 0 Å². The minimum absolute atomic E-state index is 0.245. The van der Waals surface area contributed by atoms with Crippen molar-refractivity contribution in [3.05, 3.63) is 0 Å². The second kappa shape index (κ2) is 14.1. The topological polar surface area (TPSA) is 149 Å². The van der Waals surface area contributed by atoms with Gasteiger partial charge in [0, 0.05) is 12.8 Å². The average molecular weight is 374 g/mol. The number of hydrogen-bond acceptors (Lipinski definition) is 4. The SMILES string of the molecule is O=C(O)C1CCCCC1C(=O)O.O=C(O)CCCCCCCCC(=O)O. The van der Waals surface area contributed by atoms with E-state index in [1.54, 1.807) is 0 Å². The van der Waals surface area contributed by atoms with E-state index in [4.69, 9.17) is 20.4 Å². The molecular formula is C18H30O8. The third kappa shape index (κ3) is 12.3. The maximum Gasteiger partial charge on any atom is 0.307 e. The number of unbranched alkanes of at least 4 members (excludes halogenated alkanes) is 5. The molecule has 0 aromatic heterocycles. The zero-order valence-electron chi connectivity index (χ0n) is 15.1. The minimum atomic E-state index is -0.970. The predicted molar refractivity (Wildman–Crippen MR) is 92.9 cm³/mol. The van der Waals surface area contributed by atoms with Gasteiger partial charge in [-0.1, -0.05) is 38.5 Å². The summed E-state index contributed by atoms with van der Waals surface area (Å²) in [6.45, 7) is 0. The van der Waals surface area contributed by atoms with Gasteiger partial charge in [-0.05, 0) is 25.7 Å². The first-order chi connectivity index (χ1) is 12.3. The first-order valence-electron chi connectivity index (χ1n) is 9.15. The van der Waals surface area contributed by atoms with Crippen molar-refractivity contribution in [2.45, 2.75) is 77.0 Å². The summed E-state index contributed by atoms with van der Waals surface area (Å²) in [7, 11) is 0. The van der Waals surface area contributed by atoms with E-state index in [2.05, 4.69) is 0 Å². The van der Waals surface area contributed by atoms with Crippen LogP contribution < -0.4 is 0 Å². The second-order valence-electron chi connectivity index (χ2n) is 6.58. The van der Waals surface area contributed by atoms with E-state index in [1.807, 2.05) is 0 Å². The molecule has 1 saturated carbocycles. The van der Waals surface area contributed by atoms with Crippen LogP contribution in [0.25, 0.3) is 0 Å². The average Bonchev–Trinajstić information content (AvgIpc) is 2.57. The molecule has 26 heavy (non-hydrogen) atoms. The van der Waals surface area contributed by atoms with E-state index in [0.29, 0.717) is 12.8 Å². The van der Waals surface area contributed by atoms with E-state index in [-0.39, 0.29) is 12.8 Å². The monoisotopic (exact) mass is 374 g/mol. The van der Waals surface area contributed by atoms with Crippen LogP contribution in [0, 0.1) is 11.8 Å². The smallest absolute Gasteiger partial charge is 0.307 e. The summed E-state index contributed by atoms with van der Waals surface area (Å²) in [4.78, 5) is 41.5. The largest absolute Gasteiger partial charge is 0.481 e. The minimum Gasteiger partial charge on any atom is -0.481 e. The molecular weight excluding hydrogens is 344 g/mol. The second-order valence-corrected chi connectivity index (χ2v) is 6.58. The van der Waals surface area contributed by atoms with Crippen LogP contribution in [0.15, 0.2) is 0 Å². The molecule has 8 nitrogen and oxygen atoms in total. The summed E-state index contributed by atoms with van der Waals surface area (Å²) in [5, 5.41) is 34.1. The van der Waals surface area contributed by atoms with E-state index >= 15 is 0 Å². The number of carbonyl (C=O) groups is 4. The number of carboxylic acid groups (broad SMARTS) is 4. The highest BCUT2D eigenvalue weighted by atomic mass is 16.4. The molecule has 0 bridgehead atoms. The molecule has 0 saturated heterocycles. The van der Waals surface area contributed by atoms with Crippen LogP contribution in [0.2, 0.25) is 0 Å². The van der Waals surface area contributed by atoms with Crippen molar-refractivity contribution in [2.24, 2.45) is 11.8 Å². The lowest BCUT2D eigenvalue weighted by Gasteiger charge is -2.24. The third-order valence-corrected chi connectivity index (χ3v) is 4.43. The van der Waals surface area contributed by atoms with Gasteiger partial charge in [-0.25, -0.2) is 0 Å². The van der Waals surface area contributed by atoms with Gasteiger partial charge in [0.1, 0.15) is 0 Å². The van der Waals surface area contributed by atoms with Gasteiger partial charge in [0.15, 0.2) is 0 Å². The van der Waals surface area contributed by atoms with Crippen molar-refractivity contribution in [1.29, 1.82) is 0 Å². The normalized spacial score (nSPS) is 19.1. The highest BCUT2D eigenvalue weighted by molar-refractivity contribution is 5.80. The molecule has 1 aliphatic carbocycles. The quantitative estimate of drug-likeness (QED) is 0.403. The Morgan fingerprint density at radius 2 is 0.885 bits per heavy atom. The number of rotatable bonds is 11. The molecule has 0 amide bonds. The van der Waals surface area contributed by atoms with Crippen LogP contribution in [0.1, 0.15) is 77.0 Å². The molecule has 0 spiro atoms. The van der Waals surface area contributed by atoms with Crippen LogP contribution in [-0.2, 0) is 19.2 Å². The van der Waals surface area contributed by atoms with Gasteiger partial charge >= 0.3 is 23.9 Å². The van der Waals surface area contributed by atoms with Gasteiger partial charge in [-0.15, -0.1) is 0 Å². The number of hydrogen-bond donors (Lipinski definition) is 4. The van der Waals surface area contributed by atoms with Gasteiger partial charge in [0.05, 0.1) is 11.8 Å². The van der Waals surface area contributed by atoms with Crippen LogP contribution in [-0.4, -0.2) is 44.3 Å². The van der Waals surface area contributed by atoms with Crippen LogP contribution in [0.4, 0.5) is 0 Å². The number of aliphatic carboxylic acids is 4. The van der Waals surface area contributed by atoms with E-state index in [9.17, 15) is 19.2 Å². The molecule has 8 heteroatoms. The van der Waals surface area contributed by atoms with Crippen LogP contribution in [0.3, 0.4) is 0 Å². The lowest BCUT2D eigenvalue weighted by molar-refractivity contribution is -0.155. The Morgan fingerprint density at radius 3 is 1.15 bits per heavy atom. The highest BCUT2D eigenvalue weighted by Crippen LogP contribution is 2.30. The van der Waals surface area contributed by atoms with Crippen LogP contribution >= 0.6 is 0 Å². The van der Waals surface area contributed by atoms with Gasteiger partial charge in [-0.3, -0.25) is 19.2 Å². The van der Waals surface area contributed by atoms with E-state index in [1.165, 1.54) is 0 Å². The van der Waals surface area contributed by atoms with Gasteiger partial charge in [0.25, 0.3) is 0 Å². The molecule has 150 valence electrons. The van der Waals surface area contributed by atoms with Crippen molar-refractivity contribution >= 4 is 23.9 Å². The molecule has 0 aromatic rings. The molecule has 0 aromatic carbocycles. The fraction of sp³-hybridized carbons (Fsp3) is 0.778. The fourth-order valence-electron chi connectivity index (χ4n) is 2.98. The Hall–Kier alpha value is -2.12. The van der Waals surface area contributed by atoms with Gasteiger partial charge in [0.2, 0.25) is 0 Å². The Morgan fingerprint density at radius 1 is 0.577 bits per heavy atom. The Kier molecular flexibility index (Phi) is 12.9. The molecule has 0 radical (unpaired) electrons. The molecule has 4 N–H and O–H groups in total. The standard InChI is InChI=1S/C10H18O4.C8H12O4/c11-9(12)7-5-3-1-2-4-6-8-10(13)14;9-7(10)5-3-1-2-4-6(5)8(11)12/h1-8H2,(H,11,12)(H,13,14);5-6H,1-4H2,(H,9,10)(H,11,12). The summed E-state index contributed by atoms with van der Waals surface area (Å²) >= 11 is 0. The summed E-state index contributed by atoms with van der Waals surface area (Å²) in [6, 6.07) is 0. The van der Waals surface area contributed by atoms with Crippen molar-refractivity contribution in [3.8, 4) is 0 Å². The van der Waals surface area contributed by atoms with E-state index in [0.717, 1.165) is 51.4 Å². The molecule has 2 unspecified atom stereocenters. The summed E-state index contributed by atoms with van der Waals surface area (Å²) in [6.07, 6.45) is 8.51. The van der Waals surface area contributed by atoms with E-state index < -0.39 is 35.7 Å². The molecule has 2 atom stereocenters. The third-order valence-electron chi connectivity index (χ3n) is 4.43. The Balaban J connectivity index is 0.000000485. The zero-order chi connectivity index (χ0) is 19.9. The van der Waals surface area contributed by atoms with Crippen molar-refractivity contribution in [3.63, 3.8) is 0 Å². The maximum atomic E-state index is 10.6. The molecule has 1 fully saturated rings. The molecule has 1 aliphatic rings. The molecule has 0 aliphatic heterocycles. The Labute approximate surface area is 153 Å². The predicted octanol–water partition coefficient (Wildman–Crippen LogP) is 3.24. The maximum absolute atomic E-state index is 10.6. The van der Waals surface area contributed by atoms with Crippen molar-refractivity contribution in [2.75, 3.05) is 0 Å². The first kappa shape index (κ1) is 23.9. The van der Waals surface area contributed by atoms with Gasteiger partial charge in [-0.2, -0.15) is 0 Å². The number of carboxylic acids is 4. The lowest BCUT2D eigenvalue weighted by atomic mass is 9.79. The van der Waals surface area contributed by atoms with Crippen LogP contribution in [0.5, 0.6) is 0 Å². The highest BCUT2D eigenvalue weighted by Gasteiger charge is 2.35. The molecule has 0 heterocycles.